The number of benzene rings is 1. The van der Waals surface area contributed by atoms with Crippen molar-refractivity contribution in [2.75, 3.05) is 43.9 Å². The largest absolute Gasteiger partial charge is 0.416 e. The second kappa shape index (κ2) is 10.3. The first-order chi connectivity index (χ1) is 15.7. The van der Waals surface area contributed by atoms with Crippen molar-refractivity contribution in [3.05, 3.63) is 53.7 Å². The van der Waals surface area contributed by atoms with E-state index in [1.165, 1.54) is 43.5 Å². The molecule has 3 nitrogen and oxygen atoms in total. The predicted octanol–water partition coefficient (Wildman–Crippen LogP) is 6.45. The Bertz CT molecular complexity index is 832. The second-order valence-electron chi connectivity index (χ2n) is 9.74. The van der Waals surface area contributed by atoms with Crippen molar-refractivity contribution in [2.24, 2.45) is 11.8 Å². The van der Waals surface area contributed by atoms with Gasteiger partial charge >= 0.3 is 6.18 Å². The number of likely N-dealkylation sites (tertiary alicyclic amines) is 1. The molecule has 33 heavy (non-hydrogen) atoms. The molecule has 0 unspecified atom stereocenters. The van der Waals surface area contributed by atoms with E-state index in [0.29, 0.717) is 17.9 Å². The molecular formula is C26H36F3N3S. The zero-order chi connectivity index (χ0) is 23.6. The van der Waals surface area contributed by atoms with Crippen LogP contribution in [0.4, 0.5) is 18.9 Å². The first-order valence-electron chi connectivity index (χ1n) is 12.1. The Hall–Kier alpha value is -1.60. The van der Waals surface area contributed by atoms with Crippen LogP contribution >= 0.6 is 11.8 Å². The molecule has 2 aliphatic heterocycles. The molecule has 1 saturated carbocycles. The number of nitrogens with zero attached hydrogens (tertiary/aromatic N) is 3. The van der Waals surface area contributed by atoms with Crippen LogP contribution in [0.1, 0.15) is 44.1 Å². The summed E-state index contributed by atoms with van der Waals surface area (Å²) >= 11 is 1.82. The molecule has 0 amide bonds. The number of hydrogen-bond acceptors (Lipinski definition) is 4. The molecule has 2 atom stereocenters. The molecule has 7 heteroatoms. The molecule has 2 saturated heterocycles. The monoisotopic (exact) mass is 479 g/mol. The zero-order valence-corrected chi connectivity index (χ0v) is 20.4. The molecule has 3 fully saturated rings. The van der Waals surface area contributed by atoms with Crippen LogP contribution in [0.2, 0.25) is 0 Å². The van der Waals surface area contributed by atoms with Crippen LogP contribution in [0.3, 0.4) is 0 Å². The van der Waals surface area contributed by atoms with Crippen LogP contribution in [0, 0.1) is 11.8 Å². The summed E-state index contributed by atoms with van der Waals surface area (Å²) in [5, 5.41) is 1.08. The van der Waals surface area contributed by atoms with Crippen molar-refractivity contribution in [3.8, 4) is 0 Å². The molecule has 0 aromatic heterocycles. The predicted molar refractivity (Wildman–Crippen MR) is 132 cm³/mol. The summed E-state index contributed by atoms with van der Waals surface area (Å²) in [4.78, 5) is 7.02. The van der Waals surface area contributed by atoms with E-state index >= 15 is 0 Å². The highest BCUT2D eigenvalue weighted by Crippen LogP contribution is 2.37. The lowest BCUT2D eigenvalue weighted by atomic mass is 10.0. The van der Waals surface area contributed by atoms with E-state index < -0.39 is 11.7 Å². The van der Waals surface area contributed by atoms with Crippen molar-refractivity contribution in [1.29, 1.82) is 0 Å². The molecule has 1 aliphatic carbocycles. The minimum absolute atomic E-state index is 0.408. The van der Waals surface area contributed by atoms with Crippen molar-refractivity contribution < 1.29 is 13.2 Å². The third kappa shape index (κ3) is 5.73. The molecule has 0 radical (unpaired) electrons. The Morgan fingerprint density at radius 1 is 1.09 bits per heavy atom. The number of rotatable bonds is 9. The minimum atomic E-state index is -4.28. The number of alkyl halides is 3. The highest BCUT2D eigenvalue weighted by atomic mass is 32.2. The number of fused-ring (bicyclic) bond motifs is 1. The zero-order valence-electron chi connectivity index (χ0n) is 19.6. The number of hydrogen-bond donors (Lipinski definition) is 0. The highest BCUT2D eigenvalue weighted by molar-refractivity contribution is 8.02. The normalized spacial score (nSPS) is 23.8. The first kappa shape index (κ1) is 24.5. The van der Waals surface area contributed by atoms with E-state index in [2.05, 4.69) is 34.9 Å². The SMILES string of the molecule is C=C(SCCCN1C[C@@H]2CCN(c3ccc(C(F)(F)F)cc3)[C@@H]2C1)N(C)C(=C)C1CCCC1. The van der Waals surface area contributed by atoms with Crippen LogP contribution in [0.25, 0.3) is 0 Å². The van der Waals surface area contributed by atoms with Gasteiger partial charge in [-0.25, -0.2) is 0 Å². The Morgan fingerprint density at radius 3 is 2.45 bits per heavy atom. The van der Waals surface area contributed by atoms with Gasteiger partial charge in [-0.15, -0.1) is 11.8 Å². The van der Waals surface area contributed by atoms with Crippen LogP contribution in [-0.4, -0.2) is 54.8 Å². The number of thioether (sulfide) groups is 1. The summed E-state index contributed by atoms with van der Waals surface area (Å²) < 4.78 is 38.6. The lowest BCUT2D eigenvalue weighted by Crippen LogP contribution is -2.35. The van der Waals surface area contributed by atoms with Gasteiger partial charge in [0.25, 0.3) is 0 Å². The second-order valence-corrected chi connectivity index (χ2v) is 10.9. The molecule has 3 aliphatic rings. The van der Waals surface area contributed by atoms with Gasteiger partial charge in [0.15, 0.2) is 0 Å². The maximum Gasteiger partial charge on any atom is 0.416 e. The fraction of sp³-hybridized carbons (Fsp3) is 0.615. The topological polar surface area (TPSA) is 9.72 Å². The van der Waals surface area contributed by atoms with Crippen molar-refractivity contribution in [3.63, 3.8) is 0 Å². The lowest BCUT2D eigenvalue weighted by Gasteiger charge is -2.28. The maximum atomic E-state index is 12.9. The van der Waals surface area contributed by atoms with Gasteiger partial charge in [-0.1, -0.05) is 26.0 Å². The average molecular weight is 480 g/mol. The number of halogens is 3. The van der Waals surface area contributed by atoms with Gasteiger partial charge in [0, 0.05) is 49.9 Å². The summed E-state index contributed by atoms with van der Waals surface area (Å²) in [7, 11) is 2.09. The average Bonchev–Trinajstić information content (AvgIpc) is 3.52. The van der Waals surface area contributed by atoms with Gasteiger partial charge in [0.05, 0.1) is 10.6 Å². The fourth-order valence-electron chi connectivity index (χ4n) is 5.66. The Kier molecular flexibility index (Phi) is 7.69. The molecular weight excluding hydrogens is 443 g/mol. The minimum Gasteiger partial charge on any atom is -0.367 e. The molecule has 1 aromatic carbocycles. The van der Waals surface area contributed by atoms with E-state index in [4.69, 9.17) is 0 Å². The quantitative estimate of drug-likeness (QED) is 0.377. The molecule has 4 rings (SSSR count). The van der Waals surface area contributed by atoms with E-state index in [-0.39, 0.29) is 0 Å². The summed E-state index contributed by atoms with van der Waals surface area (Å²) in [6.45, 7) is 12.7. The molecule has 0 bridgehead atoms. The van der Waals surface area contributed by atoms with E-state index in [9.17, 15) is 13.2 Å². The summed E-state index contributed by atoms with van der Waals surface area (Å²) in [5.41, 5.74) is 1.54. The van der Waals surface area contributed by atoms with Crippen molar-refractivity contribution in [1.82, 2.24) is 9.80 Å². The molecule has 2 heterocycles. The van der Waals surface area contributed by atoms with Gasteiger partial charge in [-0.2, -0.15) is 13.2 Å². The molecule has 182 valence electrons. The third-order valence-electron chi connectivity index (χ3n) is 7.67. The Morgan fingerprint density at radius 2 is 1.79 bits per heavy atom. The van der Waals surface area contributed by atoms with E-state index in [1.54, 1.807) is 12.1 Å². The summed E-state index contributed by atoms with van der Waals surface area (Å²) in [5.74, 6) is 2.26. The molecule has 1 aromatic rings. The van der Waals surface area contributed by atoms with Gasteiger partial charge < -0.3 is 14.7 Å². The fourth-order valence-corrected chi connectivity index (χ4v) is 6.48. The molecule has 0 N–H and O–H groups in total. The summed E-state index contributed by atoms with van der Waals surface area (Å²) in [6.07, 6.45) is 3.06. The van der Waals surface area contributed by atoms with Crippen LogP contribution in [0.5, 0.6) is 0 Å². The van der Waals surface area contributed by atoms with Crippen molar-refractivity contribution >= 4 is 17.4 Å². The standard InChI is InChI=1S/C26H36F3N3S/c1-19(21-7-4-5-8-21)30(3)20(2)33-16-6-14-31-17-22-13-15-32(25(22)18-31)24-11-9-23(10-12-24)26(27,28)29/h9-12,21-22,25H,1-2,4-8,13-18H2,3H3/t22-,25+/m0/s1. The van der Waals surface area contributed by atoms with Gasteiger partial charge in [-0.05, 0) is 68.3 Å². The van der Waals surface area contributed by atoms with E-state index in [1.807, 2.05) is 11.8 Å². The lowest BCUT2D eigenvalue weighted by molar-refractivity contribution is -0.137. The van der Waals surface area contributed by atoms with Gasteiger partial charge in [0.2, 0.25) is 0 Å². The van der Waals surface area contributed by atoms with Crippen LogP contribution in [-0.2, 0) is 6.18 Å². The number of allylic oxidation sites excluding steroid dienone is 1. The van der Waals surface area contributed by atoms with Crippen LogP contribution in [0.15, 0.2) is 48.1 Å². The Balaban J connectivity index is 1.20. The van der Waals surface area contributed by atoms with E-state index in [0.717, 1.165) is 55.5 Å². The Labute approximate surface area is 200 Å². The first-order valence-corrected chi connectivity index (χ1v) is 13.1. The van der Waals surface area contributed by atoms with Crippen molar-refractivity contribution in [2.45, 2.75) is 50.7 Å². The van der Waals surface area contributed by atoms with Gasteiger partial charge in [0.1, 0.15) is 0 Å². The number of anilines is 1. The smallest absolute Gasteiger partial charge is 0.367 e. The molecule has 0 spiro atoms. The van der Waals surface area contributed by atoms with Gasteiger partial charge in [-0.3, -0.25) is 0 Å². The van der Waals surface area contributed by atoms with Crippen LogP contribution < -0.4 is 4.90 Å². The summed E-state index contributed by atoms with van der Waals surface area (Å²) in [6, 6.07) is 6.08. The highest BCUT2D eigenvalue weighted by Gasteiger charge is 2.41. The maximum absolute atomic E-state index is 12.9. The third-order valence-corrected chi connectivity index (χ3v) is 8.77.